The van der Waals surface area contributed by atoms with Gasteiger partial charge in [-0.3, -0.25) is 4.79 Å². The second-order valence-electron chi connectivity index (χ2n) is 7.51. The Morgan fingerprint density at radius 2 is 1.88 bits per heavy atom. The molecular formula is C27H21BrCl2N2O2. The minimum Gasteiger partial charge on any atom is -0.487 e. The number of carbonyl (C=O) groups excluding carboxylic acids is 1. The van der Waals surface area contributed by atoms with E-state index in [4.69, 9.17) is 27.9 Å². The number of nitrogens with one attached hydrogen (secondary N) is 1. The van der Waals surface area contributed by atoms with Crippen molar-refractivity contribution in [1.82, 2.24) is 0 Å². The summed E-state index contributed by atoms with van der Waals surface area (Å²) in [6.07, 6.45) is 3.84. The molecular weight excluding hydrogens is 535 g/mol. The number of halogens is 3. The van der Waals surface area contributed by atoms with Crippen LogP contribution in [0.25, 0.3) is 6.08 Å². The lowest BCUT2D eigenvalue weighted by Gasteiger charge is -2.14. The fourth-order valence-electron chi connectivity index (χ4n) is 3.16. The lowest BCUT2D eigenvalue weighted by Crippen LogP contribution is -2.13. The summed E-state index contributed by atoms with van der Waals surface area (Å²) < 4.78 is 6.75. The molecule has 0 aliphatic heterocycles. The molecule has 3 aromatic rings. The molecule has 0 saturated carbocycles. The molecule has 1 N–H and O–H groups in total. The molecule has 0 aliphatic carbocycles. The number of nitrogens with zero attached hydrogens (tertiary/aromatic N) is 1. The summed E-state index contributed by atoms with van der Waals surface area (Å²) in [6, 6.07) is 18.3. The fourth-order valence-corrected chi connectivity index (χ4v) is 4.12. The van der Waals surface area contributed by atoms with Gasteiger partial charge in [0.15, 0.2) is 0 Å². The van der Waals surface area contributed by atoms with Crippen LogP contribution in [0.15, 0.2) is 77.3 Å². The Morgan fingerprint density at radius 3 is 2.53 bits per heavy atom. The summed E-state index contributed by atoms with van der Waals surface area (Å²) >= 11 is 15.6. The van der Waals surface area contributed by atoms with Crippen LogP contribution in [0.1, 0.15) is 22.3 Å². The van der Waals surface area contributed by atoms with Gasteiger partial charge in [0.25, 0.3) is 5.91 Å². The summed E-state index contributed by atoms with van der Waals surface area (Å²) in [5, 5.41) is 13.3. The van der Waals surface area contributed by atoms with Crippen LogP contribution in [0.3, 0.4) is 0 Å². The van der Waals surface area contributed by atoms with Crippen molar-refractivity contribution in [3.05, 3.63) is 110 Å². The highest BCUT2D eigenvalue weighted by Crippen LogP contribution is 2.33. The normalized spacial score (nSPS) is 11.0. The quantitative estimate of drug-likeness (QED) is 0.174. The zero-order valence-electron chi connectivity index (χ0n) is 18.4. The van der Waals surface area contributed by atoms with E-state index in [2.05, 4.69) is 27.8 Å². The molecule has 172 valence electrons. The molecule has 0 radical (unpaired) electrons. The van der Waals surface area contributed by atoms with Crippen LogP contribution in [-0.4, -0.2) is 5.91 Å². The van der Waals surface area contributed by atoms with Gasteiger partial charge in [0.05, 0.1) is 14.5 Å². The maximum absolute atomic E-state index is 12.6. The van der Waals surface area contributed by atoms with Crippen LogP contribution >= 0.6 is 39.1 Å². The molecule has 1 amide bonds. The first-order valence-electron chi connectivity index (χ1n) is 10.3. The molecule has 0 unspecified atom stereocenters. The standard InChI is InChI=1S/C27H21BrCl2N2O2/c1-3-4-20-11-19(12-21(15-31)27(33)32-22-8-5-17(2)6-9-22)13-23(28)26(20)34-16-18-7-10-24(29)25(30)14-18/h3,5-14H,1,4,16H2,2H3,(H,32,33)/b21-12-. The number of ether oxygens (including phenoxy) is 1. The molecule has 0 heterocycles. The fraction of sp³-hybridized carbons (Fsp3) is 0.111. The first-order chi connectivity index (χ1) is 16.3. The summed E-state index contributed by atoms with van der Waals surface area (Å²) in [4.78, 5) is 12.6. The number of rotatable bonds is 8. The van der Waals surface area contributed by atoms with E-state index < -0.39 is 5.91 Å². The third-order valence-corrected chi connectivity index (χ3v) is 6.19. The molecule has 0 atom stereocenters. The zero-order chi connectivity index (χ0) is 24.7. The van der Waals surface area contributed by atoms with Crippen LogP contribution in [0, 0.1) is 18.3 Å². The number of hydrogen-bond donors (Lipinski definition) is 1. The topological polar surface area (TPSA) is 62.1 Å². The zero-order valence-corrected chi connectivity index (χ0v) is 21.5. The third kappa shape index (κ3) is 6.74. The molecule has 7 heteroatoms. The second-order valence-corrected chi connectivity index (χ2v) is 9.18. The van der Waals surface area contributed by atoms with Gasteiger partial charge in [0, 0.05) is 5.69 Å². The Balaban J connectivity index is 1.84. The lowest BCUT2D eigenvalue weighted by atomic mass is 10.0. The van der Waals surface area contributed by atoms with Crippen LogP contribution in [0.5, 0.6) is 5.75 Å². The van der Waals surface area contributed by atoms with Gasteiger partial charge >= 0.3 is 0 Å². The summed E-state index contributed by atoms with van der Waals surface area (Å²) in [5.41, 5.74) is 4.09. The van der Waals surface area contributed by atoms with E-state index in [1.807, 2.05) is 37.3 Å². The van der Waals surface area contributed by atoms with E-state index in [-0.39, 0.29) is 12.2 Å². The van der Waals surface area contributed by atoms with Gasteiger partial charge in [-0.2, -0.15) is 5.26 Å². The van der Waals surface area contributed by atoms with Crippen molar-refractivity contribution in [3.63, 3.8) is 0 Å². The SMILES string of the molecule is C=CCc1cc(/C=C(/C#N)C(=O)Nc2ccc(C)cc2)cc(Br)c1OCc1ccc(Cl)c(Cl)c1. The number of amides is 1. The number of benzene rings is 3. The van der Waals surface area contributed by atoms with Gasteiger partial charge in [0.1, 0.15) is 24.0 Å². The molecule has 0 fully saturated rings. The Morgan fingerprint density at radius 1 is 1.15 bits per heavy atom. The average Bonchev–Trinajstić information content (AvgIpc) is 2.80. The molecule has 0 saturated heterocycles. The summed E-state index contributed by atoms with van der Waals surface area (Å²) in [5.74, 6) is 0.165. The first-order valence-corrected chi connectivity index (χ1v) is 11.9. The van der Waals surface area contributed by atoms with E-state index in [1.165, 1.54) is 0 Å². The van der Waals surface area contributed by atoms with Gasteiger partial charge < -0.3 is 10.1 Å². The molecule has 4 nitrogen and oxygen atoms in total. The van der Waals surface area contributed by atoms with Crippen LogP contribution < -0.4 is 10.1 Å². The van der Waals surface area contributed by atoms with E-state index in [9.17, 15) is 10.1 Å². The Kier molecular flexibility index (Phi) is 8.95. The van der Waals surface area contributed by atoms with E-state index in [1.54, 1.807) is 42.5 Å². The number of nitriles is 1. The molecule has 0 aromatic heterocycles. The minimum absolute atomic E-state index is 0.0125. The van der Waals surface area contributed by atoms with Crippen molar-refractivity contribution in [2.75, 3.05) is 5.32 Å². The van der Waals surface area contributed by atoms with Gasteiger partial charge in [-0.15, -0.1) is 6.58 Å². The number of aryl methyl sites for hydroxylation is 1. The largest absolute Gasteiger partial charge is 0.487 e. The van der Waals surface area contributed by atoms with E-state index >= 15 is 0 Å². The number of hydrogen-bond acceptors (Lipinski definition) is 3. The highest BCUT2D eigenvalue weighted by molar-refractivity contribution is 9.10. The van der Waals surface area contributed by atoms with Crippen molar-refractivity contribution in [1.29, 1.82) is 5.26 Å². The van der Waals surface area contributed by atoms with Crippen LogP contribution in [0.2, 0.25) is 10.0 Å². The smallest absolute Gasteiger partial charge is 0.266 e. The molecule has 0 aliphatic rings. The van der Waals surface area contributed by atoms with Gasteiger partial charge in [-0.25, -0.2) is 0 Å². The maximum atomic E-state index is 12.6. The number of allylic oxidation sites excluding steroid dienone is 1. The predicted octanol–water partition coefficient (Wildman–Crippen LogP) is 7.92. The van der Waals surface area contributed by atoms with Crippen LogP contribution in [0.4, 0.5) is 5.69 Å². The minimum atomic E-state index is -0.479. The second kappa shape index (κ2) is 11.9. The molecule has 3 aromatic carbocycles. The maximum Gasteiger partial charge on any atom is 0.266 e. The predicted molar refractivity (Wildman–Crippen MR) is 142 cm³/mol. The number of anilines is 1. The average molecular weight is 556 g/mol. The van der Waals surface area contributed by atoms with Gasteiger partial charge in [-0.05, 0) is 88.4 Å². The summed E-state index contributed by atoms with van der Waals surface area (Å²) in [7, 11) is 0. The van der Waals surface area contributed by atoms with Crippen molar-refractivity contribution < 1.29 is 9.53 Å². The van der Waals surface area contributed by atoms with Crippen molar-refractivity contribution in [2.24, 2.45) is 0 Å². The van der Waals surface area contributed by atoms with Gasteiger partial charge in [-0.1, -0.05) is 53.0 Å². The Hall–Kier alpha value is -3.04. The molecule has 0 spiro atoms. The number of carbonyl (C=O) groups is 1. The Bertz CT molecular complexity index is 1300. The molecule has 0 bridgehead atoms. The van der Waals surface area contributed by atoms with E-state index in [0.29, 0.717) is 37.9 Å². The van der Waals surface area contributed by atoms with Gasteiger partial charge in [0.2, 0.25) is 0 Å². The van der Waals surface area contributed by atoms with Crippen LogP contribution in [-0.2, 0) is 17.8 Å². The highest BCUT2D eigenvalue weighted by Gasteiger charge is 2.14. The lowest BCUT2D eigenvalue weighted by molar-refractivity contribution is -0.112. The first kappa shape index (κ1) is 25.6. The highest BCUT2D eigenvalue weighted by atomic mass is 79.9. The molecule has 3 rings (SSSR count). The molecule has 34 heavy (non-hydrogen) atoms. The van der Waals surface area contributed by atoms with Crippen molar-refractivity contribution >= 4 is 56.8 Å². The monoisotopic (exact) mass is 554 g/mol. The van der Waals surface area contributed by atoms with E-state index in [0.717, 1.165) is 16.7 Å². The van der Waals surface area contributed by atoms with Crippen molar-refractivity contribution in [2.45, 2.75) is 20.0 Å². The Labute approximate surface area is 217 Å². The summed E-state index contributed by atoms with van der Waals surface area (Å²) in [6.45, 7) is 6.07. The third-order valence-electron chi connectivity index (χ3n) is 4.86. The van der Waals surface area contributed by atoms with Crippen molar-refractivity contribution in [3.8, 4) is 11.8 Å².